The summed E-state index contributed by atoms with van der Waals surface area (Å²) in [4.78, 5) is 9.28. The van der Waals surface area contributed by atoms with Crippen LogP contribution in [0.4, 0.5) is 73.9 Å². The zero-order valence-corrected chi connectivity index (χ0v) is 50.7. The average Bonchev–Trinajstić information content (AvgIpc) is 1.98. The van der Waals surface area contributed by atoms with E-state index in [1.54, 1.807) is 0 Å². The Morgan fingerprint density at radius 3 is 0.720 bits per heavy atom. The first kappa shape index (κ1) is 55.5. The maximum absolute atomic E-state index is 11.0. The number of nitrogens with zero attached hydrogens (tertiary/aromatic N) is 7. The number of nitrogen functional groups attached to an aromatic ring is 1. The number of hydrogen-bond acceptors (Lipinski definition) is 6. The lowest BCUT2D eigenvalue weighted by molar-refractivity contribution is 1.16. The molecule has 0 unspecified atom stereocenters. The monoisotopic (exact) mass is 1190 g/mol. The van der Waals surface area contributed by atoms with E-state index in [2.05, 4.69) is 368 Å². The van der Waals surface area contributed by atoms with E-state index in [1.807, 2.05) is 18.2 Å². The molecule has 0 saturated heterocycles. The molecular formula is C85H60N8. The van der Waals surface area contributed by atoms with E-state index in [9.17, 15) is 5.26 Å². The second kappa shape index (κ2) is 23.9. The van der Waals surface area contributed by atoms with Gasteiger partial charge in [0.2, 0.25) is 0 Å². The van der Waals surface area contributed by atoms with E-state index in [4.69, 9.17) is 5.73 Å². The lowest BCUT2D eigenvalue weighted by Crippen LogP contribution is -2.09. The molecule has 0 aliphatic rings. The molecule has 2 aromatic heterocycles. The maximum atomic E-state index is 11.0. The molecule has 0 radical (unpaired) electrons. The largest absolute Gasteiger partial charge is 0.399 e. The summed E-state index contributed by atoms with van der Waals surface area (Å²) in [6, 6.07) is 127. The first-order valence-corrected chi connectivity index (χ1v) is 31.3. The fourth-order valence-corrected chi connectivity index (χ4v) is 13.5. The Hall–Kier alpha value is -12.8. The van der Waals surface area contributed by atoms with Crippen LogP contribution < -0.4 is 25.3 Å². The van der Waals surface area contributed by atoms with Gasteiger partial charge < -0.3 is 34.5 Å². The first-order chi connectivity index (χ1) is 46.0. The molecule has 93 heavy (non-hydrogen) atoms. The van der Waals surface area contributed by atoms with Crippen molar-refractivity contribution >= 4 is 118 Å². The van der Waals surface area contributed by atoms with Crippen molar-refractivity contribution < 1.29 is 0 Å². The third kappa shape index (κ3) is 10.2. The van der Waals surface area contributed by atoms with Gasteiger partial charge >= 0.3 is 0 Å². The number of fused-ring (bicyclic) bond motifs is 6. The summed E-state index contributed by atoms with van der Waals surface area (Å²) in [7, 11) is 0. The molecular weight excluding hydrogens is 1130 g/mol. The van der Waals surface area contributed by atoms with Crippen LogP contribution in [0.1, 0.15) is 5.56 Å². The average molecular weight is 1190 g/mol. The number of benzene rings is 14. The minimum absolute atomic E-state index is 0.524. The van der Waals surface area contributed by atoms with E-state index in [0.29, 0.717) is 11.3 Å². The van der Waals surface area contributed by atoms with Crippen LogP contribution in [0.5, 0.6) is 0 Å². The number of aromatic nitrogens is 2. The van der Waals surface area contributed by atoms with Gasteiger partial charge in [0.05, 0.1) is 45.1 Å². The minimum atomic E-state index is 0.524. The van der Waals surface area contributed by atoms with Crippen LogP contribution in [0.2, 0.25) is 0 Å². The van der Waals surface area contributed by atoms with E-state index >= 15 is 0 Å². The van der Waals surface area contributed by atoms with Crippen molar-refractivity contribution in [3.05, 3.63) is 357 Å². The Morgan fingerprint density at radius 2 is 0.473 bits per heavy atom. The Bertz CT molecular complexity index is 4960. The molecule has 0 atom stereocenters. The van der Waals surface area contributed by atoms with Gasteiger partial charge in [0.25, 0.3) is 0 Å². The van der Waals surface area contributed by atoms with Crippen molar-refractivity contribution in [3.8, 4) is 28.6 Å². The van der Waals surface area contributed by atoms with Gasteiger partial charge in [-0.15, -0.1) is 0 Å². The highest BCUT2D eigenvalue weighted by Gasteiger charge is 2.26. The molecule has 2 N–H and O–H groups in total. The Balaban J connectivity index is 0.950. The number of para-hydroxylation sites is 8. The van der Waals surface area contributed by atoms with Gasteiger partial charge in [0, 0.05) is 107 Å². The highest BCUT2D eigenvalue weighted by atomic mass is 15.2. The van der Waals surface area contributed by atoms with Gasteiger partial charge in [-0.1, -0.05) is 146 Å². The minimum Gasteiger partial charge on any atom is -0.399 e. The molecule has 0 aliphatic heterocycles. The third-order valence-corrected chi connectivity index (χ3v) is 17.5. The van der Waals surface area contributed by atoms with Gasteiger partial charge in [-0.25, -0.2) is 0 Å². The summed E-state index contributed by atoms with van der Waals surface area (Å²) < 4.78 is 4.76. The topological polar surface area (TPSA) is 72.6 Å². The lowest BCUT2D eigenvalue weighted by atomic mass is 9.98. The van der Waals surface area contributed by atoms with E-state index < -0.39 is 0 Å². The van der Waals surface area contributed by atoms with E-state index in [1.165, 1.54) is 0 Å². The molecule has 0 amide bonds. The Labute approximate surface area is 540 Å². The SMILES string of the molecule is N#Cc1ccc(-n2c3ccc(N(c4ccccc4)c4ccccc4)cc3c3cc(N(c4ccccc4)c4ccccc4)ccc32)c(-c2cc(N)ccc2-n2c3ccc(N(c4ccccc4)c4ccccc4)cc3c3cc(N(c4ccccc4)c4ccccc4)ccc32)c1. The van der Waals surface area contributed by atoms with Crippen molar-refractivity contribution in [1.82, 2.24) is 9.13 Å². The number of nitrogens with two attached hydrogens (primary N) is 1. The standard InChI is InChI=1S/C85H60N8/c86-59-60-41-47-80(92-82-49-43-70(88(62-25-9-1-10-26-62)63-27-11-2-12-28-63)55-76(82)77-56-71(44-50-83(77)92)89(64-29-13-3-14-30-64)65-31-15-4-16-32-65)74(53-60)75-54-61(87)42-48-81(75)93-84-51-45-72(90(66-33-17-5-18-34-66)67-35-19-6-20-36-67)57-78(84)79-58-73(46-52-85(79)93)91(68-37-21-7-22-38-68)69-39-23-8-24-40-69/h1-58H,87H2. The van der Waals surface area contributed by atoms with Crippen LogP contribution in [-0.2, 0) is 0 Å². The van der Waals surface area contributed by atoms with Crippen molar-refractivity contribution in [3.63, 3.8) is 0 Å². The maximum Gasteiger partial charge on any atom is 0.0991 e. The Morgan fingerprint density at radius 1 is 0.237 bits per heavy atom. The smallest absolute Gasteiger partial charge is 0.0991 e. The number of rotatable bonds is 15. The van der Waals surface area contributed by atoms with Gasteiger partial charge in [-0.05, 0) is 206 Å². The number of anilines is 13. The summed E-state index contributed by atoms with van der Waals surface area (Å²) in [6.07, 6.45) is 0. The van der Waals surface area contributed by atoms with Gasteiger partial charge in [0.15, 0.2) is 0 Å². The summed E-state index contributed by atoms with van der Waals surface area (Å²) in [5.74, 6) is 0. The summed E-state index contributed by atoms with van der Waals surface area (Å²) >= 11 is 0. The van der Waals surface area contributed by atoms with E-state index in [-0.39, 0.29) is 0 Å². The molecule has 16 rings (SSSR count). The zero-order chi connectivity index (χ0) is 62.2. The molecule has 440 valence electrons. The fraction of sp³-hybridized carbons (Fsp3) is 0. The van der Waals surface area contributed by atoms with Gasteiger partial charge in [-0.3, -0.25) is 0 Å². The normalized spacial score (nSPS) is 11.3. The summed E-state index contributed by atoms with van der Waals surface area (Å²) in [5.41, 5.74) is 28.1. The lowest BCUT2D eigenvalue weighted by Gasteiger charge is -2.26. The second-order valence-electron chi connectivity index (χ2n) is 23.1. The van der Waals surface area contributed by atoms with Crippen LogP contribution in [0.3, 0.4) is 0 Å². The van der Waals surface area contributed by atoms with Crippen LogP contribution in [0, 0.1) is 11.3 Å². The molecule has 2 heterocycles. The molecule has 0 bridgehead atoms. The van der Waals surface area contributed by atoms with Crippen molar-refractivity contribution in [1.29, 1.82) is 5.26 Å². The third-order valence-electron chi connectivity index (χ3n) is 17.5. The summed E-state index contributed by atoms with van der Waals surface area (Å²) in [6.45, 7) is 0. The van der Waals surface area contributed by atoms with Crippen molar-refractivity contribution in [2.45, 2.75) is 0 Å². The van der Waals surface area contributed by atoms with E-state index in [0.717, 1.165) is 134 Å². The highest BCUT2D eigenvalue weighted by Crippen LogP contribution is 2.48. The van der Waals surface area contributed by atoms with Crippen LogP contribution >= 0.6 is 0 Å². The first-order valence-electron chi connectivity index (χ1n) is 31.3. The predicted molar refractivity (Wildman–Crippen MR) is 388 cm³/mol. The van der Waals surface area contributed by atoms with Crippen LogP contribution in [0.25, 0.3) is 66.1 Å². The summed E-state index contributed by atoms with van der Waals surface area (Å²) in [5, 5.41) is 15.2. The predicted octanol–water partition coefficient (Wildman–Crippen LogP) is 22.9. The molecule has 0 fully saturated rings. The highest BCUT2D eigenvalue weighted by molar-refractivity contribution is 6.15. The molecule has 0 saturated carbocycles. The quantitative estimate of drug-likeness (QED) is 0.103. The van der Waals surface area contributed by atoms with Gasteiger partial charge in [-0.2, -0.15) is 5.26 Å². The molecule has 0 aliphatic carbocycles. The number of nitriles is 1. The molecule has 8 heteroatoms. The van der Waals surface area contributed by atoms with Gasteiger partial charge in [0.1, 0.15) is 0 Å². The molecule has 14 aromatic carbocycles. The fourth-order valence-electron chi connectivity index (χ4n) is 13.5. The molecule has 0 spiro atoms. The van der Waals surface area contributed by atoms with Crippen LogP contribution in [-0.4, -0.2) is 9.13 Å². The second-order valence-corrected chi connectivity index (χ2v) is 23.1. The molecule has 8 nitrogen and oxygen atoms in total. The number of hydrogen-bond donors (Lipinski definition) is 1. The Kier molecular flexibility index (Phi) is 14.3. The van der Waals surface area contributed by atoms with Crippen molar-refractivity contribution in [2.75, 3.05) is 25.3 Å². The van der Waals surface area contributed by atoms with Crippen molar-refractivity contribution in [2.24, 2.45) is 0 Å². The molecule has 16 aromatic rings. The zero-order valence-electron chi connectivity index (χ0n) is 50.7. The van der Waals surface area contributed by atoms with Crippen LogP contribution in [0.15, 0.2) is 352 Å².